The molecule has 0 spiro atoms. The fourth-order valence-electron chi connectivity index (χ4n) is 3.97. The number of alkyl halides is 3. The Bertz CT molecular complexity index is 1360. The Balaban J connectivity index is 1.57. The Morgan fingerprint density at radius 3 is 2.32 bits per heavy atom. The van der Waals surface area contributed by atoms with Crippen LogP contribution in [0.15, 0.2) is 59.2 Å². The van der Waals surface area contributed by atoms with Crippen molar-refractivity contribution in [3.8, 4) is 0 Å². The maximum absolute atomic E-state index is 13.2. The summed E-state index contributed by atoms with van der Waals surface area (Å²) < 4.78 is 39.6. The molecule has 0 radical (unpaired) electrons. The second-order valence-corrected chi connectivity index (χ2v) is 9.45. The summed E-state index contributed by atoms with van der Waals surface area (Å²) in [6.07, 6.45) is -3.59. The Morgan fingerprint density at radius 2 is 1.73 bits per heavy atom. The Labute approximate surface area is 218 Å². The van der Waals surface area contributed by atoms with Gasteiger partial charge in [0.05, 0.1) is 29.3 Å². The number of imide groups is 1. The molecule has 0 unspecified atom stereocenters. The topological polar surface area (TPSA) is 88.6 Å². The van der Waals surface area contributed by atoms with Crippen molar-refractivity contribution in [1.82, 2.24) is 15.4 Å². The Hall–Kier alpha value is -3.57. The quantitative estimate of drug-likeness (QED) is 0.398. The zero-order valence-electron chi connectivity index (χ0n) is 19.7. The number of rotatable bonds is 7. The van der Waals surface area contributed by atoms with E-state index in [2.05, 4.69) is 26.2 Å². The molecule has 192 valence electrons. The molecule has 0 saturated heterocycles. The number of carbonyl (C=O) groups is 3. The molecule has 2 heterocycles. The molecule has 1 N–H and O–H groups in total. The van der Waals surface area contributed by atoms with Crippen LogP contribution in [0.3, 0.4) is 0 Å². The zero-order chi connectivity index (χ0) is 26.9. The van der Waals surface area contributed by atoms with E-state index in [1.54, 1.807) is 12.1 Å². The first-order valence-electron chi connectivity index (χ1n) is 11.2. The lowest BCUT2D eigenvalue weighted by Gasteiger charge is -2.23. The van der Waals surface area contributed by atoms with Gasteiger partial charge in [-0.3, -0.25) is 24.2 Å². The summed E-state index contributed by atoms with van der Waals surface area (Å²) >= 11 is 3.08. The van der Waals surface area contributed by atoms with Crippen molar-refractivity contribution >= 4 is 33.7 Å². The van der Waals surface area contributed by atoms with E-state index in [1.165, 1.54) is 12.1 Å². The summed E-state index contributed by atoms with van der Waals surface area (Å²) in [5.74, 6) is -2.08. The van der Waals surface area contributed by atoms with Gasteiger partial charge in [0.25, 0.3) is 17.7 Å². The van der Waals surface area contributed by atoms with Crippen LogP contribution in [0.4, 0.5) is 13.2 Å². The number of hydrogen-bond donors (Lipinski definition) is 1. The maximum Gasteiger partial charge on any atom is 0.433 e. The van der Waals surface area contributed by atoms with E-state index in [1.807, 2.05) is 32.0 Å². The minimum atomic E-state index is -4.73. The van der Waals surface area contributed by atoms with Crippen LogP contribution < -0.4 is 5.32 Å². The summed E-state index contributed by atoms with van der Waals surface area (Å²) in [6.45, 7) is 3.53. The number of amides is 3. The largest absolute Gasteiger partial charge is 0.433 e. The van der Waals surface area contributed by atoms with Crippen LogP contribution in [0.5, 0.6) is 0 Å². The normalized spacial score (nSPS) is 14.1. The van der Waals surface area contributed by atoms with Crippen LogP contribution in [0.25, 0.3) is 0 Å². The summed E-state index contributed by atoms with van der Waals surface area (Å²) in [6, 6.07) is 11.8. The number of pyridine rings is 1. The van der Waals surface area contributed by atoms with Gasteiger partial charge in [-0.15, -0.1) is 5.06 Å². The fourth-order valence-corrected chi connectivity index (χ4v) is 4.37. The van der Waals surface area contributed by atoms with Gasteiger partial charge < -0.3 is 5.32 Å². The number of hydrogen-bond acceptors (Lipinski definition) is 5. The minimum absolute atomic E-state index is 0.0736. The fraction of sp³-hybridized carbons (Fsp3) is 0.231. The van der Waals surface area contributed by atoms with Crippen LogP contribution in [0.2, 0.25) is 0 Å². The van der Waals surface area contributed by atoms with Gasteiger partial charge in [-0.2, -0.15) is 13.2 Å². The van der Waals surface area contributed by atoms with Gasteiger partial charge in [-0.25, -0.2) is 0 Å². The third kappa shape index (κ3) is 5.72. The van der Waals surface area contributed by atoms with Gasteiger partial charge in [0.15, 0.2) is 0 Å². The van der Waals surface area contributed by atoms with Crippen molar-refractivity contribution in [3.63, 3.8) is 0 Å². The monoisotopic (exact) mass is 575 g/mol. The van der Waals surface area contributed by atoms with Gasteiger partial charge in [-0.05, 0) is 65.5 Å². The summed E-state index contributed by atoms with van der Waals surface area (Å²) in [4.78, 5) is 47.3. The highest BCUT2D eigenvalue weighted by atomic mass is 79.9. The molecule has 0 saturated carbocycles. The first kappa shape index (κ1) is 26.5. The number of fused-ring (bicyclic) bond motifs is 1. The molecule has 7 nitrogen and oxygen atoms in total. The van der Waals surface area contributed by atoms with Crippen LogP contribution in [-0.2, 0) is 17.4 Å². The van der Waals surface area contributed by atoms with Crippen molar-refractivity contribution in [1.29, 1.82) is 0 Å². The molecule has 4 rings (SSSR count). The summed E-state index contributed by atoms with van der Waals surface area (Å²) in [5.41, 5.74) is 1.73. The molecule has 1 aliphatic heterocycles. The molecule has 0 fully saturated rings. The number of benzene rings is 2. The lowest BCUT2D eigenvalue weighted by Crippen LogP contribution is -2.43. The van der Waals surface area contributed by atoms with Crippen LogP contribution >= 0.6 is 15.9 Å². The number of aryl methyl sites for hydroxylation is 2. The molecule has 37 heavy (non-hydrogen) atoms. The van der Waals surface area contributed by atoms with Crippen LogP contribution in [0, 0.1) is 13.8 Å². The third-order valence-electron chi connectivity index (χ3n) is 5.85. The number of carbonyl (C=O) groups excluding carboxylic acids is 3. The second kappa shape index (κ2) is 10.4. The smallest absolute Gasteiger partial charge is 0.347 e. The Morgan fingerprint density at radius 1 is 1.08 bits per heavy atom. The van der Waals surface area contributed by atoms with E-state index in [9.17, 15) is 27.6 Å². The lowest BCUT2D eigenvalue weighted by molar-refractivity contribution is -0.141. The lowest BCUT2D eigenvalue weighted by atomic mass is 9.99. The average Bonchev–Trinajstić information content (AvgIpc) is 3.08. The molecule has 2 aromatic carbocycles. The van der Waals surface area contributed by atoms with E-state index >= 15 is 0 Å². The van der Waals surface area contributed by atoms with Gasteiger partial charge in [0.2, 0.25) is 0 Å². The molecule has 0 aliphatic carbocycles. The molecule has 1 atom stereocenters. The van der Waals surface area contributed by atoms with E-state index < -0.39 is 35.6 Å². The van der Waals surface area contributed by atoms with Crippen molar-refractivity contribution < 1.29 is 32.4 Å². The van der Waals surface area contributed by atoms with Crippen molar-refractivity contribution in [2.45, 2.75) is 32.5 Å². The molecular weight excluding hydrogens is 555 g/mol. The third-order valence-corrected chi connectivity index (χ3v) is 6.48. The van der Waals surface area contributed by atoms with Crippen molar-refractivity contribution in [2.24, 2.45) is 0 Å². The Kier molecular flexibility index (Phi) is 7.47. The number of nitrogens with one attached hydrogen (secondary N) is 1. The average molecular weight is 576 g/mol. The highest BCUT2D eigenvalue weighted by Gasteiger charge is 2.37. The number of nitrogens with zero attached hydrogens (tertiary/aromatic N) is 2. The van der Waals surface area contributed by atoms with Crippen molar-refractivity contribution in [2.75, 3.05) is 6.61 Å². The zero-order valence-corrected chi connectivity index (χ0v) is 21.3. The molecular formula is C26H21BrF3N3O4. The predicted molar refractivity (Wildman–Crippen MR) is 131 cm³/mol. The second-order valence-electron chi connectivity index (χ2n) is 8.60. The molecule has 3 amide bonds. The molecule has 3 aromatic rings. The predicted octanol–water partition coefficient (Wildman–Crippen LogP) is 5.05. The maximum atomic E-state index is 13.2. The highest BCUT2D eigenvalue weighted by Crippen LogP contribution is 2.30. The number of halogens is 4. The standard InChI is InChI=1S/C26H21BrF3N3O4/c1-14-7-8-16(15(2)9-14)10-17(13-37-33-24(35)18-5-3-4-6-19(18)25(33)36)32-23(34)20-11-22(26(28,29)30)31-12-21(20)27/h3-9,11-12,17H,10,13H2,1-2H3,(H,32,34)/t17-/m1/s1. The van der Waals surface area contributed by atoms with E-state index in [0.717, 1.165) is 22.9 Å². The summed E-state index contributed by atoms with van der Waals surface area (Å²) in [5, 5.41) is 3.31. The first-order chi connectivity index (χ1) is 17.5. The number of hydroxylamine groups is 2. The molecule has 0 bridgehead atoms. The van der Waals surface area contributed by atoms with Gasteiger partial charge in [0.1, 0.15) is 5.69 Å². The van der Waals surface area contributed by atoms with E-state index in [4.69, 9.17) is 4.84 Å². The molecule has 1 aromatic heterocycles. The van der Waals surface area contributed by atoms with Crippen molar-refractivity contribution in [3.05, 3.63) is 98.3 Å². The SMILES string of the molecule is Cc1ccc(C[C@H](CON2C(=O)c3ccccc3C2=O)NC(=O)c2cc(C(F)(F)F)ncc2Br)c(C)c1. The van der Waals surface area contributed by atoms with E-state index in [-0.39, 0.29) is 34.2 Å². The van der Waals surface area contributed by atoms with Crippen LogP contribution in [0.1, 0.15) is 53.5 Å². The van der Waals surface area contributed by atoms with Gasteiger partial charge in [-0.1, -0.05) is 35.9 Å². The summed E-state index contributed by atoms with van der Waals surface area (Å²) in [7, 11) is 0. The van der Waals surface area contributed by atoms with Gasteiger partial charge >= 0.3 is 6.18 Å². The molecule has 1 aliphatic rings. The van der Waals surface area contributed by atoms with Crippen LogP contribution in [-0.4, -0.2) is 40.4 Å². The molecule has 11 heteroatoms. The van der Waals surface area contributed by atoms with Gasteiger partial charge in [0, 0.05) is 10.7 Å². The van der Waals surface area contributed by atoms with E-state index in [0.29, 0.717) is 11.1 Å². The first-order valence-corrected chi connectivity index (χ1v) is 12.0. The number of aromatic nitrogens is 1. The highest BCUT2D eigenvalue weighted by molar-refractivity contribution is 9.10. The minimum Gasteiger partial charge on any atom is -0.347 e.